The number of carbonyl (C=O) groups is 1. The van der Waals surface area contributed by atoms with Crippen LogP contribution in [0.4, 0.5) is 0 Å². The molecular weight excluding hydrogens is 322 g/mol. The fourth-order valence-electron chi connectivity index (χ4n) is 3.69. The zero-order chi connectivity index (χ0) is 16.4. The lowest BCUT2D eigenvalue weighted by Crippen LogP contribution is -2.39. The molecular formula is C17H23N5OS. The van der Waals surface area contributed by atoms with E-state index in [1.54, 1.807) is 11.3 Å². The Morgan fingerprint density at radius 1 is 1.29 bits per heavy atom. The van der Waals surface area contributed by atoms with E-state index in [2.05, 4.69) is 15.4 Å². The number of nitrogens with zero attached hydrogens (tertiary/aromatic N) is 4. The number of rotatable bonds is 3. The van der Waals surface area contributed by atoms with Crippen molar-refractivity contribution in [3.8, 4) is 0 Å². The number of carbonyl (C=O) groups excluding carboxylic acids is 1. The molecule has 2 atom stereocenters. The average Bonchev–Trinajstić information content (AvgIpc) is 3.34. The summed E-state index contributed by atoms with van der Waals surface area (Å²) >= 11 is 1.63. The van der Waals surface area contributed by atoms with Gasteiger partial charge in [0.2, 0.25) is 0 Å². The van der Waals surface area contributed by atoms with Crippen LogP contribution in [0.5, 0.6) is 0 Å². The van der Waals surface area contributed by atoms with Gasteiger partial charge in [-0.25, -0.2) is 4.98 Å². The third-order valence-electron chi connectivity index (χ3n) is 4.97. The van der Waals surface area contributed by atoms with Crippen molar-refractivity contribution in [2.75, 3.05) is 19.6 Å². The molecule has 0 saturated carbocycles. The molecule has 2 unspecified atom stereocenters. The predicted octanol–water partition coefficient (Wildman–Crippen LogP) is 2.63. The molecule has 0 aliphatic carbocycles. The summed E-state index contributed by atoms with van der Waals surface area (Å²) in [6.45, 7) is 2.80. The van der Waals surface area contributed by atoms with E-state index < -0.39 is 0 Å². The van der Waals surface area contributed by atoms with E-state index in [0.29, 0.717) is 11.7 Å². The maximum atomic E-state index is 13.0. The molecule has 6 nitrogen and oxygen atoms in total. The number of nitrogens with one attached hydrogen (secondary N) is 1. The quantitative estimate of drug-likeness (QED) is 0.929. The molecule has 24 heavy (non-hydrogen) atoms. The van der Waals surface area contributed by atoms with Crippen molar-refractivity contribution in [1.29, 1.82) is 0 Å². The van der Waals surface area contributed by atoms with Crippen LogP contribution in [0.1, 0.15) is 59.7 Å². The van der Waals surface area contributed by atoms with Gasteiger partial charge in [-0.3, -0.25) is 9.48 Å². The average molecular weight is 345 g/mol. The Kier molecular flexibility index (Phi) is 4.62. The van der Waals surface area contributed by atoms with Gasteiger partial charge in [-0.15, -0.1) is 11.3 Å². The number of amides is 1. The van der Waals surface area contributed by atoms with Crippen LogP contribution in [0, 0.1) is 0 Å². The predicted molar refractivity (Wildman–Crippen MR) is 93.1 cm³/mol. The molecule has 128 valence electrons. The van der Waals surface area contributed by atoms with E-state index in [4.69, 9.17) is 0 Å². The third-order valence-corrected chi connectivity index (χ3v) is 5.85. The number of thiazole rings is 1. The second-order valence-electron chi connectivity index (χ2n) is 6.56. The van der Waals surface area contributed by atoms with Crippen LogP contribution in [0.25, 0.3) is 0 Å². The Bertz CT molecular complexity index is 677. The topological polar surface area (TPSA) is 63.1 Å². The lowest BCUT2D eigenvalue weighted by Gasteiger charge is -2.34. The third kappa shape index (κ3) is 3.10. The molecule has 0 aromatic carbocycles. The van der Waals surface area contributed by atoms with Crippen LogP contribution in [0.3, 0.4) is 0 Å². The highest BCUT2D eigenvalue weighted by atomic mass is 32.1. The molecule has 2 fully saturated rings. The van der Waals surface area contributed by atoms with E-state index in [-0.39, 0.29) is 11.9 Å². The first-order valence-corrected chi connectivity index (χ1v) is 9.67. The van der Waals surface area contributed by atoms with Crippen molar-refractivity contribution in [1.82, 2.24) is 25.0 Å². The number of aromatic nitrogens is 3. The van der Waals surface area contributed by atoms with Crippen LogP contribution in [0.15, 0.2) is 23.8 Å². The summed E-state index contributed by atoms with van der Waals surface area (Å²) in [4.78, 5) is 19.4. The number of piperidine rings is 2. The summed E-state index contributed by atoms with van der Waals surface area (Å²) in [5, 5.41) is 11.0. The fourth-order valence-corrected chi connectivity index (χ4v) is 4.48. The molecule has 2 aromatic rings. The summed E-state index contributed by atoms with van der Waals surface area (Å²) < 4.78 is 1.96. The zero-order valence-corrected chi connectivity index (χ0v) is 14.5. The first kappa shape index (κ1) is 15.8. The van der Waals surface area contributed by atoms with Gasteiger partial charge in [0.1, 0.15) is 10.7 Å². The van der Waals surface area contributed by atoms with Gasteiger partial charge in [0.15, 0.2) is 0 Å². The monoisotopic (exact) mass is 345 g/mol. The van der Waals surface area contributed by atoms with E-state index >= 15 is 0 Å². The highest BCUT2D eigenvalue weighted by Gasteiger charge is 2.31. The minimum Gasteiger partial charge on any atom is -0.328 e. The van der Waals surface area contributed by atoms with E-state index in [9.17, 15) is 4.79 Å². The molecule has 0 radical (unpaired) electrons. The lowest BCUT2D eigenvalue weighted by atomic mass is 10.0. The lowest BCUT2D eigenvalue weighted by molar-refractivity contribution is 0.0603. The molecule has 2 aliphatic rings. The highest BCUT2D eigenvalue weighted by Crippen LogP contribution is 2.33. The molecule has 7 heteroatoms. The molecule has 0 bridgehead atoms. The second kappa shape index (κ2) is 7.03. The van der Waals surface area contributed by atoms with Gasteiger partial charge in [0.05, 0.1) is 12.1 Å². The van der Waals surface area contributed by atoms with Crippen LogP contribution < -0.4 is 5.32 Å². The van der Waals surface area contributed by atoms with Crippen LogP contribution in [0.2, 0.25) is 0 Å². The van der Waals surface area contributed by atoms with Crippen molar-refractivity contribution in [3.05, 3.63) is 34.5 Å². The summed E-state index contributed by atoms with van der Waals surface area (Å²) in [6, 6.07) is 2.33. The standard InChI is InChI=1S/C17H23N5OS/c23-17(14-6-10-22(20-14)13-4-3-7-18-12-13)21-9-2-1-5-15(21)16-19-8-11-24-16/h6,8,10-11,13,15,18H,1-5,7,9,12H2. The van der Waals surface area contributed by atoms with Crippen molar-refractivity contribution < 1.29 is 4.79 Å². The summed E-state index contributed by atoms with van der Waals surface area (Å²) in [5.74, 6) is 0.0393. The van der Waals surface area contributed by atoms with Gasteiger partial charge < -0.3 is 10.2 Å². The largest absolute Gasteiger partial charge is 0.328 e. The summed E-state index contributed by atoms with van der Waals surface area (Å²) in [6.07, 6.45) is 9.25. The molecule has 1 amide bonds. The SMILES string of the molecule is O=C(c1ccn(C2CCCNC2)n1)N1CCCCC1c1nccs1. The first-order valence-electron chi connectivity index (χ1n) is 8.79. The Morgan fingerprint density at radius 3 is 3.04 bits per heavy atom. The van der Waals surface area contributed by atoms with Crippen LogP contribution in [-0.4, -0.2) is 45.2 Å². The normalized spacial score (nSPS) is 24.9. The van der Waals surface area contributed by atoms with Gasteiger partial charge in [-0.1, -0.05) is 0 Å². The molecule has 2 aromatic heterocycles. The van der Waals surface area contributed by atoms with Crippen molar-refractivity contribution in [3.63, 3.8) is 0 Å². The summed E-state index contributed by atoms with van der Waals surface area (Å²) in [5.41, 5.74) is 0.559. The Morgan fingerprint density at radius 2 is 2.25 bits per heavy atom. The van der Waals surface area contributed by atoms with Gasteiger partial charge in [0.25, 0.3) is 5.91 Å². The Labute approximate surface area is 145 Å². The van der Waals surface area contributed by atoms with Gasteiger partial charge >= 0.3 is 0 Å². The maximum absolute atomic E-state index is 13.0. The minimum atomic E-state index is 0.0393. The molecule has 4 rings (SSSR count). The van der Waals surface area contributed by atoms with Crippen LogP contribution in [-0.2, 0) is 0 Å². The van der Waals surface area contributed by atoms with Gasteiger partial charge in [-0.2, -0.15) is 5.10 Å². The molecule has 4 heterocycles. The first-order chi connectivity index (χ1) is 11.8. The molecule has 1 N–H and O–H groups in total. The van der Waals surface area contributed by atoms with Crippen LogP contribution >= 0.6 is 11.3 Å². The molecule has 0 spiro atoms. The van der Waals surface area contributed by atoms with Crippen molar-refractivity contribution in [2.24, 2.45) is 0 Å². The minimum absolute atomic E-state index is 0.0393. The van der Waals surface area contributed by atoms with Crippen molar-refractivity contribution in [2.45, 2.75) is 44.2 Å². The highest BCUT2D eigenvalue weighted by molar-refractivity contribution is 7.09. The zero-order valence-electron chi connectivity index (χ0n) is 13.7. The second-order valence-corrected chi connectivity index (χ2v) is 7.49. The summed E-state index contributed by atoms with van der Waals surface area (Å²) in [7, 11) is 0. The van der Waals surface area contributed by atoms with Gasteiger partial charge in [0, 0.05) is 30.9 Å². The Balaban J connectivity index is 1.52. The fraction of sp³-hybridized carbons (Fsp3) is 0.588. The number of hydrogen-bond donors (Lipinski definition) is 1. The van der Waals surface area contributed by atoms with E-state index in [1.165, 1.54) is 0 Å². The van der Waals surface area contributed by atoms with Gasteiger partial charge in [-0.05, 0) is 44.7 Å². The number of likely N-dealkylation sites (tertiary alicyclic amines) is 1. The smallest absolute Gasteiger partial charge is 0.274 e. The number of hydrogen-bond acceptors (Lipinski definition) is 5. The van der Waals surface area contributed by atoms with Crippen molar-refractivity contribution >= 4 is 17.2 Å². The maximum Gasteiger partial charge on any atom is 0.274 e. The molecule has 2 aliphatic heterocycles. The molecule has 2 saturated heterocycles. The Hall–Kier alpha value is -1.73. The van der Waals surface area contributed by atoms with E-state index in [0.717, 1.165) is 56.7 Å². The van der Waals surface area contributed by atoms with E-state index in [1.807, 2.05) is 33.4 Å².